The highest BCUT2D eigenvalue weighted by atomic mass is 16.7. The standard InChI is InChI=1S/C22H34O4/c1-5-6-7-15(2)19(23)9-8-17-18-12-22(11-16(18)10-20(17)24)25-13-21(3,4)14-26-22/h8-9,15-20,23-24H,7,10-14H2,1-4H3. The number of aliphatic hydroxyl groups excluding tert-OH is 2. The minimum absolute atomic E-state index is 0.0700. The lowest BCUT2D eigenvalue weighted by Gasteiger charge is -2.42. The van der Waals surface area contributed by atoms with Crippen LogP contribution in [0.15, 0.2) is 12.2 Å². The first-order valence-electron chi connectivity index (χ1n) is 9.97. The second kappa shape index (κ2) is 7.64. The first kappa shape index (κ1) is 19.9. The lowest BCUT2D eigenvalue weighted by Crippen LogP contribution is -2.46. The maximum atomic E-state index is 10.5. The highest BCUT2D eigenvalue weighted by Gasteiger charge is 2.56. The fourth-order valence-electron chi connectivity index (χ4n) is 4.68. The summed E-state index contributed by atoms with van der Waals surface area (Å²) in [5.74, 6) is 6.39. The molecule has 1 aliphatic heterocycles. The molecule has 3 rings (SSSR count). The van der Waals surface area contributed by atoms with Crippen LogP contribution in [0.4, 0.5) is 0 Å². The molecule has 6 atom stereocenters. The molecule has 3 aliphatic rings. The van der Waals surface area contributed by atoms with Crippen LogP contribution in [0.25, 0.3) is 0 Å². The van der Waals surface area contributed by atoms with E-state index in [0.717, 1.165) is 32.5 Å². The number of fused-ring (bicyclic) bond motifs is 1. The Bertz CT molecular complexity index is 575. The number of aliphatic hydroxyl groups is 2. The second-order valence-electron chi connectivity index (χ2n) is 9.35. The zero-order chi connectivity index (χ0) is 18.9. The molecule has 0 aromatic rings. The molecule has 2 N–H and O–H groups in total. The molecule has 1 heterocycles. The summed E-state index contributed by atoms with van der Waals surface area (Å²) in [6.07, 6.45) is 6.22. The Morgan fingerprint density at radius 1 is 1.23 bits per heavy atom. The van der Waals surface area contributed by atoms with Gasteiger partial charge in [-0.25, -0.2) is 0 Å². The van der Waals surface area contributed by atoms with E-state index in [0.29, 0.717) is 18.3 Å². The number of ether oxygens (including phenoxy) is 2. The molecule has 4 heteroatoms. The van der Waals surface area contributed by atoms with Crippen molar-refractivity contribution in [3.05, 3.63) is 12.2 Å². The van der Waals surface area contributed by atoms with Gasteiger partial charge >= 0.3 is 0 Å². The van der Waals surface area contributed by atoms with Crippen molar-refractivity contribution in [3.8, 4) is 11.8 Å². The van der Waals surface area contributed by atoms with Crippen LogP contribution in [0.3, 0.4) is 0 Å². The van der Waals surface area contributed by atoms with E-state index < -0.39 is 11.9 Å². The third-order valence-corrected chi connectivity index (χ3v) is 6.37. The third kappa shape index (κ3) is 4.17. The van der Waals surface area contributed by atoms with E-state index in [2.05, 4.69) is 25.7 Å². The smallest absolute Gasteiger partial charge is 0.168 e. The first-order chi connectivity index (χ1) is 12.3. The maximum absolute atomic E-state index is 10.5. The van der Waals surface area contributed by atoms with Crippen LogP contribution < -0.4 is 0 Å². The SMILES string of the molecule is CC#CCC(C)C(O)C=CC1C(O)CC2CC3(CC21)OCC(C)(C)CO3. The van der Waals surface area contributed by atoms with Crippen molar-refractivity contribution in [2.24, 2.45) is 29.1 Å². The summed E-state index contributed by atoms with van der Waals surface area (Å²) in [5, 5.41) is 20.9. The molecule has 2 saturated carbocycles. The van der Waals surface area contributed by atoms with Crippen molar-refractivity contribution in [2.75, 3.05) is 13.2 Å². The van der Waals surface area contributed by atoms with E-state index in [-0.39, 0.29) is 23.4 Å². The van der Waals surface area contributed by atoms with E-state index in [4.69, 9.17) is 9.47 Å². The molecule has 6 unspecified atom stereocenters. The lowest BCUT2D eigenvalue weighted by atomic mass is 9.89. The van der Waals surface area contributed by atoms with E-state index in [1.54, 1.807) is 0 Å². The summed E-state index contributed by atoms with van der Waals surface area (Å²) in [7, 11) is 0. The average molecular weight is 363 g/mol. The van der Waals surface area contributed by atoms with E-state index in [1.807, 2.05) is 26.0 Å². The minimum atomic E-state index is -0.527. The Morgan fingerprint density at radius 2 is 1.92 bits per heavy atom. The van der Waals surface area contributed by atoms with Crippen LogP contribution in [0.5, 0.6) is 0 Å². The van der Waals surface area contributed by atoms with Gasteiger partial charge < -0.3 is 19.7 Å². The number of rotatable bonds is 4. The zero-order valence-corrected chi connectivity index (χ0v) is 16.6. The van der Waals surface area contributed by atoms with Gasteiger partial charge in [0, 0.05) is 30.6 Å². The summed E-state index contributed by atoms with van der Waals surface area (Å²) in [6, 6.07) is 0. The molecule has 0 radical (unpaired) electrons. The molecule has 2 aliphatic carbocycles. The summed E-state index contributed by atoms with van der Waals surface area (Å²) >= 11 is 0. The van der Waals surface area contributed by atoms with Crippen molar-refractivity contribution >= 4 is 0 Å². The van der Waals surface area contributed by atoms with Crippen molar-refractivity contribution < 1.29 is 19.7 Å². The van der Waals surface area contributed by atoms with Gasteiger partial charge in [-0.1, -0.05) is 32.9 Å². The Hall–Kier alpha value is -0.860. The second-order valence-corrected chi connectivity index (χ2v) is 9.35. The van der Waals surface area contributed by atoms with Gasteiger partial charge in [0.15, 0.2) is 5.79 Å². The molecule has 0 aromatic carbocycles. The first-order valence-corrected chi connectivity index (χ1v) is 9.97. The van der Waals surface area contributed by atoms with Gasteiger partial charge in [0.1, 0.15) is 0 Å². The van der Waals surface area contributed by atoms with Crippen molar-refractivity contribution in [1.82, 2.24) is 0 Å². The van der Waals surface area contributed by atoms with Crippen molar-refractivity contribution in [3.63, 3.8) is 0 Å². The third-order valence-electron chi connectivity index (χ3n) is 6.37. The predicted octanol–water partition coefficient (Wildman–Crippen LogP) is 3.13. The minimum Gasteiger partial charge on any atom is -0.392 e. The van der Waals surface area contributed by atoms with Gasteiger partial charge in [0.05, 0.1) is 25.4 Å². The van der Waals surface area contributed by atoms with Crippen LogP contribution >= 0.6 is 0 Å². The quantitative estimate of drug-likeness (QED) is 0.596. The maximum Gasteiger partial charge on any atom is 0.168 e. The molecule has 0 aromatic heterocycles. The fourth-order valence-corrected chi connectivity index (χ4v) is 4.68. The average Bonchev–Trinajstić information content (AvgIpc) is 3.07. The van der Waals surface area contributed by atoms with Gasteiger partial charge in [-0.2, -0.15) is 0 Å². The Kier molecular flexibility index (Phi) is 5.84. The number of hydrogen-bond donors (Lipinski definition) is 2. The summed E-state index contributed by atoms with van der Waals surface area (Å²) in [6.45, 7) is 9.60. The van der Waals surface area contributed by atoms with Crippen LogP contribution in [0, 0.1) is 40.9 Å². The van der Waals surface area contributed by atoms with Gasteiger partial charge in [-0.05, 0) is 31.1 Å². The molecule has 0 amide bonds. The summed E-state index contributed by atoms with van der Waals surface area (Å²) < 4.78 is 12.4. The summed E-state index contributed by atoms with van der Waals surface area (Å²) in [4.78, 5) is 0. The van der Waals surface area contributed by atoms with E-state index in [9.17, 15) is 10.2 Å². The van der Waals surface area contributed by atoms with Crippen molar-refractivity contribution in [1.29, 1.82) is 0 Å². The molecule has 4 nitrogen and oxygen atoms in total. The zero-order valence-electron chi connectivity index (χ0n) is 16.6. The fraction of sp³-hybridized carbons (Fsp3) is 0.818. The van der Waals surface area contributed by atoms with Gasteiger partial charge in [0.2, 0.25) is 0 Å². The van der Waals surface area contributed by atoms with Crippen LogP contribution in [0.1, 0.15) is 53.4 Å². The van der Waals surface area contributed by atoms with Gasteiger partial charge in [-0.3, -0.25) is 0 Å². The van der Waals surface area contributed by atoms with Crippen LogP contribution in [0.2, 0.25) is 0 Å². The van der Waals surface area contributed by atoms with Gasteiger partial charge in [0.25, 0.3) is 0 Å². The molecule has 0 bridgehead atoms. The summed E-state index contributed by atoms with van der Waals surface area (Å²) in [5.41, 5.74) is 0.0728. The van der Waals surface area contributed by atoms with Crippen molar-refractivity contribution in [2.45, 2.75) is 71.4 Å². The molecular weight excluding hydrogens is 328 g/mol. The molecular formula is C22H34O4. The monoisotopic (exact) mass is 362 g/mol. The molecule has 3 fully saturated rings. The predicted molar refractivity (Wildman–Crippen MR) is 101 cm³/mol. The van der Waals surface area contributed by atoms with E-state index >= 15 is 0 Å². The normalized spacial score (nSPS) is 37.3. The lowest BCUT2D eigenvalue weighted by molar-refractivity contribution is -0.298. The molecule has 146 valence electrons. The molecule has 26 heavy (non-hydrogen) atoms. The van der Waals surface area contributed by atoms with Crippen LogP contribution in [-0.2, 0) is 9.47 Å². The Labute approximate surface area is 158 Å². The molecule has 1 spiro atoms. The highest BCUT2D eigenvalue weighted by molar-refractivity contribution is 5.10. The number of hydrogen-bond acceptors (Lipinski definition) is 4. The Morgan fingerprint density at radius 3 is 2.58 bits per heavy atom. The largest absolute Gasteiger partial charge is 0.392 e. The van der Waals surface area contributed by atoms with E-state index in [1.165, 1.54) is 0 Å². The Balaban J connectivity index is 1.62. The van der Waals surface area contributed by atoms with Gasteiger partial charge in [-0.15, -0.1) is 11.8 Å². The molecule has 1 saturated heterocycles. The highest BCUT2D eigenvalue weighted by Crippen LogP contribution is 2.55. The topological polar surface area (TPSA) is 58.9 Å². The van der Waals surface area contributed by atoms with Crippen LogP contribution in [-0.4, -0.2) is 41.4 Å².